The summed E-state index contributed by atoms with van der Waals surface area (Å²) in [7, 11) is 0. The normalized spacial score (nSPS) is 23.5. The van der Waals surface area contributed by atoms with Gasteiger partial charge >= 0.3 is 0 Å². The first-order valence-electron chi connectivity index (χ1n) is 4.27. The molecular weight excluding hydrogens is 142 g/mol. The molecular formula is C8H17NO2. The van der Waals surface area contributed by atoms with E-state index in [0.717, 1.165) is 32.7 Å². The molecule has 0 radical (unpaired) electrons. The van der Waals surface area contributed by atoms with E-state index in [1.165, 1.54) is 0 Å². The molecule has 1 atom stereocenters. The minimum Gasteiger partial charge on any atom is -0.396 e. The molecule has 3 nitrogen and oxygen atoms in total. The minimum absolute atomic E-state index is 0.290. The molecule has 0 unspecified atom stereocenters. The van der Waals surface area contributed by atoms with Gasteiger partial charge in [-0.3, -0.25) is 4.90 Å². The van der Waals surface area contributed by atoms with Gasteiger partial charge in [0.25, 0.3) is 0 Å². The smallest absolute Gasteiger partial charge is 0.0594 e. The topological polar surface area (TPSA) is 32.7 Å². The van der Waals surface area contributed by atoms with E-state index in [1.54, 1.807) is 0 Å². The maximum Gasteiger partial charge on any atom is 0.0594 e. The first-order chi connectivity index (χ1) is 5.34. The van der Waals surface area contributed by atoms with Crippen LogP contribution < -0.4 is 0 Å². The van der Waals surface area contributed by atoms with Crippen LogP contribution in [0.4, 0.5) is 0 Å². The van der Waals surface area contributed by atoms with E-state index in [1.807, 2.05) is 0 Å². The predicted molar refractivity (Wildman–Crippen MR) is 43.6 cm³/mol. The lowest BCUT2D eigenvalue weighted by Crippen LogP contribution is -2.42. The summed E-state index contributed by atoms with van der Waals surface area (Å²) < 4.78 is 5.22. The molecule has 1 saturated heterocycles. The predicted octanol–water partition coefficient (Wildman–Crippen LogP) is 0.0895. The van der Waals surface area contributed by atoms with Crippen molar-refractivity contribution in [3.63, 3.8) is 0 Å². The Morgan fingerprint density at radius 2 is 2.09 bits per heavy atom. The van der Waals surface area contributed by atoms with E-state index in [4.69, 9.17) is 9.84 Å². The maximum absolute atomic E-state index is 8.71. The van der Waals surface area contributed by atoms with Crippen LogP contribution in [0.15, 0.2) is 0 Å². The molecule has 1 fully saturated rings. The van der Waals surface area contributed by atoms with Gasteiger partial charge in [-0.1, -0.05) is 0 Å². The number of hydrogen-bond acceptors (Lipinski definition) is 3. The highest BCUT2D eigenvalue weighted by Gasteiger charge is 2.15. The molecule has 0 spiro atoms. The van der Waals surface area contributed by atoms with Crippen molar-refractivity contribution < 1.29 is 9.84 Å². The van der Waals surface area contributed by atoms with E-state index < -0.39 is 0 Å². The molecule has 11 heavy (non-hydrogen) atoms. The fraction of sp³-hybridized carbons (Fsp3) is 1.00. The lowest BCUT2D eigenvalue weighted by atomic mass is 10.2. The van der Waals surface area contributed by atoms with Crippen LogP contribution in [0.25, 0.3) is 0 Å². The van der Waals surface area contributed by atoms with Crippen molar-refractivity contribution in [1.29, 1.82) is 0 Å². The largest absolute Gasteiger partial charge is 0.396 e. The fourth-order valence-corrected chi connectivity index (χ4v) is 1.39. The van der Waals surface area contributed by atoms with Gasteiger partial charge in [-0.2, -0.15) is 0 Å². The molecule has 1 N–H and O–H groups in total. The highest BCUT2D eigenvalue weighted by molar-refractivity contribution is 4.69. The Balaban J connectivity index is 2.21. The minimum atomic E-state index is 0.290. The van der Waals surface area contributed by atoms with Crippen molar-refractivity contribution in [2.45, 2.75) is 19.4 Å². The average Bonchev–Trinajstić information content (AvgIpc) is 2.07. The fourth-order valence-electron chi connectivity index (χ4n) is 1.39. The van der Waals surface area contributed by atoms with Crippen molar-refractivity contribution >= 4 is 0 Å². The standard InChI is InChI=1S/C8H17NO2/c1-8(2-5-10)9-3-6-11-7-4-9/h8,10H,2-7H2,1H3/t8-/m1/s1. The van der Waals surface area contributed by atoms with Gasteiger partial charge in [0, 0.05) is 25.7 Å². The van der Waals surface area contributed by atoms with Crippen LogP contribution in [0.3, 0.4) is 0 Å². The number of morpholine rings is 1. The lowest BCUT2D eigenvalue weighted by molar-refractivity contribution is 0.0154. The summed E-state index contributed by atoms with van der Waals surface area (Å²) in [5, 5.41) is 8.71. The number of rotatable bonds is 3. The Morgan fingerprint density at radius 1 is 1.45 bits per heavy atom. The third kappa shape index (κ3) is 2.77. The maximum atomic E-state index is 8.71. The molecule has 0 saturated carbocycles. The van der Waals surface area contributed by atoms with E-state index in [-0.39, 0.29) is 0 Å². The molecule has 66 valence electrons. The number of hydrogen-bond donors (Lipinski definition) is 1. The zero-order valence-corrected chi connectivity index (χ0v) is 7.12. The monoisotopic (exact) mass is 159 g/mol. The van der Waals surface area contributed by atoms with E-state index in [0.29, 0.717) is 12.6 Å². The molecule has 1 rings (SSSR count). The summed E-state index contributed by atoms with van der Waals surface area (Å²) in [6, 6.07) is 0.504. The average molecular weight is 159 g/mol. The summed E-state index contributed by atoms with van der Waals surface area (Å²) in [6.45, 7) is 6.16. The third-order valence-corrected chi connectivity index (χ3v) is 2.22. The third-order valence-electron chi connectivity index (χ3n) is 2.22. The molecule has 0 aliphatic carbocycles. The van der Waals surface area contributed by atoms with Gasteiger partial charge in [0.2, 0.25) is 0 Å². The number of nitrogens with zero attached hydrogens (tertiary/aromatic N) is 1. The molecule has 0 aromatic heterocycles. The van der Waals surface area contributed by atoms with Crippen molar-refractivity contribution in [1.82, 2.24) is 4.90 Å². The van der Waals surface area contributed by atoms with Crippen LogP contribution in [0, 0.1) is 0 Å². The van der Waals surface area contributed by atoms with Crippen molar-refractivity contribution in [2.24, 2.45) is 0 Å². The van der Waals surface area contributed by atoms with Gasteiger partial charge in [0.1, 0.15) is 0 Å². The Kier molecular flexibility index (Phi) is 3.83. The van der Waals surface area contributed by atoms with Crippen LogP contribution in [-0.2, 0) is 4.74 Å². The van der Waals surface area contributed by atoms with E-state index >= 15 is 0 Å². The van der Waals surface area contributed by atoms with Crippen LogP contribution in [-0.4, -0.2) is 49.0 Å². The van der Waals surface area contributed by atoms with Gasteiger partial charge in [-0.25, -0.2) is 0 Å². The summed E-state index contributed by atoms with van der Waals surface area (Å²) in [5.41, 5.74) is 0. The summed E-state index contributed by atoms with van der Waals surface area (Å²) in [5.74, 6) is 0. The molecule has 0 aromatic carbocycles. The second-order valence-electron chi connectivity index (χ2n) is 3.01. The molecule has 0 amide bonds. The Bertz CT molecular complexity index is 102. The molecule has 1 heterocycles. The van der Waals surface area contributed by atoms with Gasteiger partial charge in [0.15, 0.2) is 0 Å². The number of aliphatic hydroxyl groups excluding tert-OH is 1. The van der Waals surface area contributed by atoms with Crippen molar-refractivity contribution in [3.8, 4) is 0 Å². The SMILES string of the molecule is C[C@H](CCO)N1CCOCC1. The lowest BCUT2D eigenvalue weighted by Gasteiger charge is -2.31. The second kappa shape index (κ2) is 4.70. The first-order valence-corrected chi connectivity index (χ1v) is 4.27. The van der Waals surface area contributed by atoms with Crippen LogP contribution in [0.1, 0.15) is 13.3 Å². The summed E-state index contributed by atoms with van der Waals surface area (Å²) >= 11 is 0. The van der Waals surface area contributed by atoms with Gasteiger partial charge in [-0.05, 0) is 13.3 Å². The van der Waals surface area contributed by atoms with Crippen molar-refractivity contribution in [3.05, 3.63) is 0 Å². The summed E-state index contributed by atoms with van der Waals surface area (Å²) in [6.07, 6.45) is 0.875. The van der Waals surface area contributed by atoms with Crippen LogP contribution in [0.2, 0.25) is 0 Å². The zero-order chi connectivity index (χ0) is 8.10. The molecule has 1 aliphatic heterocycles. The Hall–Kier alpha value is -0.120. The van der Waals surface area contributed by atoms with Gasteiger partial charge in [0.05, 0.1) is 13.2 Å². The first kappa shape index (κ1) is 8.97. The van der Waals surface area contributed by atoms with E-state index in [2.05, 4.69) is 11.8 Å². The van der Waals surface area contributed by atoms with Crippen LogP contribution >= 0.6 is 0 Å². The molecule has 3 heteroatoms. The van der Waals surface area contributed by atoms with Gasteiger partial charge in [-0.15, -0.1) is 0 Å². The zero-order valence-electron chi connectivity index (χ0n) is 7.12. The number of aliphatic hydroxyl groups is 1. The second-order valence-corrected chi connectivity index (χ2v) is 3.01. The Morgan fingerprint density at radius 3 is 2.64 bits per heavy atom. The molecule has 0 aromatic rings. The van der Waals surface area contributed by atoms with Crippen molar-refractivity contribution in [2.75, 3.05) is 32.9 Å². The highest BCUT2D eigenvalue weighted by Crippen LogP contribution is 2.05. The quantitative estimate of drug-likeness (QED) is 0.633. The molecule has 0 bridgehead atoms. The highest BCUT2D eigenvalue weighted by atomic mass is 16.5. The molecule has 1 aliphatic rings. The number of ether oxygens (including phenoxy) is 1. The van der Waals surface area contributed by atoms with Gasteiger partial charge < -0.3 is 9.84 Å². The summed E-state index contributed by atoms with van der Waals surface area (Å²) in [4.78, 5) is 2.36. The van der Waals surface area contributed by atoms with E-state index in [9.17, 15) is 0 Å². The Labute approximate surface area is 68.0 Å². The van der Waals surface area contributed by atoms with Crippen LogP contribution in [0.5, 0.6) is 0 Å².